The summed E-state index contributed by atoms with van der Waals surface area (Å²) in [7, 11) is 0. The predicted octanol–water partition coefficient (Wildman–Crippen LogP) is 7.33. The Kier molecular flexibility index (Phi) is 10.2. The Labute approximate surface area is 216 Å². The monoisotopic (exact) mass is 516 g/mol. The molecule has 0 aliphatic rings. The highest BCUT2D eigenvalue weighted by Gasteiger charge is 2.32. The van der Waals surface area contributed by atoms with Crippen molar-refractivity contribution in [2.45, 2.75) is 77.3 Å². The standard InChI is InChI=1S/C28H35F3N4O2/c1-5-36-26-14-12-23(16-33-26)21(10-8-20(4)24-17-34-27(35-18-24)37-6-2)9-7-19(3)22-11-13-25(32-15-22)28(29,30)31/h11-21H,5-10H2,1-4H3. The van der Waals surface area contributed by atoms with Gasteiger partial charge < -0.3 is 9.47 Å². The zero-order valence-corrected chi connectivity index (χ0v) is 21.8. The Morgan fingerprint density at radius 2 is 1.24 bits per heavy atom. The van der Waals surface area contributed by atoms with Gasteiger partial charge in [0, 0.05) is 30.9 Å². The Morgan fingerprint density at radius 3 is 1.76 bits per heavy atom. The van der Waals surface area contributed by atoms with Crippen LogP contribution in [0.4, 0.5) is 13.2 Å². The van der Waals surface area contributed by atoms with Gasteiger partial charge in [-0.3, -0.25) is 4.98 Å². The lowest BCUT2D eigenvalue weighted by molar-refractivity contribution is -0.141. The molecule has 37 heavy (non-hydrogen) atoms. The minimum atomic E-state index is -4.43. The molecule has 200 valence electrons. The Morgan fingerprint density at radius 1 is 0.676 bits per heavy atom. The van der Waals surface area contributed by atoms with Crippen LogP contribution in [-0.2, 0) is 6.18 Å². The molecule has 0 aliphatic carbocycles. The Bertz CT molecular complexity index is 1070. The van der Waals surface area contributed by atoms with Crippen LogP contribution in [0.25, 0.3) is 0 Å². The zero-order valence-electron chi connectivity index (χ0n) is 21.8. The number of hydrogen-bond acceptors (Lipinski definition) is 6. The molecule has 0 bridgehead atoms. The SMILES string of the molecule is CCOc1ccc(C(CCC(C)c2ccc(C(F)(F)F)nc2)CCC(C)c2cnc(OCC)nc2)cn1. The molecule has 3 atom stereocenters. The molecule has 3 aromatic rings. The molecule has 3 heterocycles. The van der Waals surface area contributed by atoms with Crippen molar-refractivity contribution in [2.24, 2.45) is 0 Å². The van der Waals surface area contributed by atoms with E-state index in [0.717, 1.165) is 48.4 Å². The highest BCUT2D eigenvalue weighted by molar-refractivity contribution is 5.23. The molecule has 0 amide bonds. The summed E-state index contributed by atoms with van der Waals surface area (Å²) in [4.78, 5) is 16.6. The molecule has 0 N–H and O–H groups in total. The minimum absolute atomic E-state index is 0.0740. The van der Waals surface area contributed by atoms with E-state index in [-0.39, 0.29) is 17.8 Å². The van der Waals surface area contributed by atoms with Gasteiger partial charge in [-0.2, -0.15) is 13.2 Å². The van der Waals surface area contributed by atoms with E-state index in [1.54, 1.807) is 0 Å². The van der Waals surface area contributed by atoms with E-state index >= 15 is 0 Å². The van der Waals surface area contributed by atoms with Crippen LogP contribution in [0, 0.1) is 0 Å². The summed E-state index contributed by atoms with van der Waals surface area (Å²) in [5.74, 6) is 1.16. The Balaban J connectivity index is 1.68. The zero-order chi connectivity index (χ0) is 26.8. The first-order chi connectivity index (χ1) is 17.7. The van der Waals surface area contributed by atoms with Gasteiger partial charge in [0.05, 0.1) is 13.2 Å². The fourth-order valence-corrected chi connectivity index (χ4v) is 4.23. The van der Waals surface area contributed by atoms with Crippen molar-refractivity contribution in [3.63, 3.8) is 0 Å². The van der Waals surface area contributed by atoms with Gasteiger partial charge in [-0.15, -0.1) is 0 Å². The quantitative estimate of drug-likeness (QED) is 0.237. The number of pyridine rings is 2. The molecule has 0 fully saturated rings. The van der Waals surface area contributed by atoms with Crippen LogP contribution < -0.4 is 9.47 Å². The summed E-state index contributed by atoms with van der Waals surface area (Å²) < 4.78 is 49.5. The van der Waals surface area contributed by atoms with Crippen molar-refractivity contribution in [1.29, 1.82) is 0 Å². The largest absolute Gasteiger partial charge is 0.478 e. The summed E-state index contributed by atoms with van der Waals surface area (Å²) in [6.07, 6.45) is 5.92. The van der Waals surface area contributed by atoms with Crippen LogP contribution >= 0.6 is 0 Å². The lowest BCUT2D eigenvalue weighted by Gasteiger charge is -2.22. The third-order valence-corrected chi connectivity index (χ3v) is 6.56. The van der Waals surface area contributed by atoms with E-state index in [1.807, 2.05) is 45.4 Å². The van der Waals surface area contributed by atoms with Crippen LogP contribution in [-0.4, -0.2) is 33.1 Å². The number of rotatable bonds is 13. The second-order valence-corrected chi connectivity index (χ2v) is 9.22. The molecular formula is C28H35F3N4O2. The van der Waals surface area contributed by atoms with Gasteiger partial charge in [-0.1, -0.05) is 26.0 Å². The maximum Gasteiger partial charge on any atom is 0.433 e. The van der Waals surface area contributed by atoms with Crippen LogP contribution in [0.15, 0.2) is 49.1 Å². The van der Waals surface area contributed by atoms with Gasteiger partial charge in [0.1, 0.15) is 5.69 Å². The van der Waals surface area contributed by atoms with Gasteiger partial charge in [0.2, 0.25) is 5.88 Å². The minimum Gasteiger partial charge on any atom is -0.478 e. The van der Waals surface area contributed by atoms with Gasteiger partial charge in [-0.25, -0.2) is 15.0 Å². The average Bonchev–Trinajstić information content (AvgIpc) is 2.89. The fraction of sp³-hybridized carbons (Fsp3) is 0.500. The van der Waals surface area contributed by atoms with E-state index in [4.69, 9.17) is 9.47 Å². The number of nitrogens with zero attached hydrogens (tertiary/aromatic N) is 4. The fourth-order valence-electron chi connectivity index (χ4n) is 4.23. The van der Waals surface area contributed by atoms with Gasteiger partial charge in [0.15, 0.2) is 0 Å². The molecule has 0 radical (unpaired) electrons. The molecular weight excluding hydrogens is 481 g/mol. The van der Waals surface area contributed by atoms with Crippen LogP contribution in [0.5, 0.6) is 11.9 Å². The second kappa shape index (κ2) is 13.4. The maximum atomic E-state index is 12.9. The van der Waals surface area contributed by atoms with E-state index < -0.39 is 11.9 Å². The molecule has 9 heteroatoms. The number of alkyl halides is 3. The first-order valence-corrected chi connectivity index (χ1v) is 12.8. The van der Waals surface area contributed by atoms with Crippen LogP contribution in [0.2, 0.25) is 0 Å². The normalized spacial score (nSPS) is 14.1. The summed E-state index contributed by atoms with van der Waals surface area (Å²) >= 11 is 0. The van der Waals surface area contributed by atoms with Crippen LogP contribution in [0.3, 0.4) is 0 Å². The average molecular weight is 517 g/mol. The van der Waals surface area contributed by atoms with Gasteiger partial charge >= 0.3 is 12.2 Å². The molecule has 0 aliphatic heterocycles. The van der Waals surface area contributed by atoms with E-state index in [1.165, 1.54) is 12.3 Å². The third-order valence-electron chi connectivity index (χ3n) is 6.56. The first-order valence-electron chi connectivity index (χ1n) is 12.8. The highest BCUT2D eigenvalue weighted by Crippen LogP contribution is 2.35. The maximum absolute atomic E-state index is 12.9. The second-order valence-electron chi connectivity index (χ2n) is 9.22. The van der Waals surface area contributed by atoms with E-state index in [2.05, 4.69) is 32.9 Å². The number of halogens is 3. The molecule has 0 saturated heterocycles. The van der Waals surface area contributed by atoms with Crippen molar-refractivity contribution in [3.8, 4) is 11.9 Å². The molecule has 0 aromatic carbocycles. The molecule has 6 nitrogen and oxygen atoms in total. The summed E-state index contributed by atoms with van der Waals surface area (Å²) in [5, 5.41) is 0. The summed E-state index contributed by atoms with van der Waals surface area (Å²) in [6.45, 7) is 9.07. The van der Waals surface area contributed by atoms with Crippen molar-refractivity contribution in [1.82, 2.24) is 19.9 Å². The number of ether oxygens (including phenoxy) is 2. The molecule has 3 aromatic heterocycles. The van der Waals surface area contributed by atoms with Gasteiger partial charge in [-0.05, 0) is 80.0 Å². The topological polar surface area (TPSA) is 70.0 Å². The lowest BCUT2D eigenvalue weighted by atomic mass is 9.84. The van der Waals surface area contributed by atoms with Crippen molar-refractivity contribution < 1.29 is 22.6 Å². The molecule has 3 rings (SSSR count). The summed E-state index contributed by atoms with van der Waals surface area (Å²) in [5.41, 5.74) is 2.11. The Hall–Kier alpha value is -3.23. The van der Waals surface area contributed by atoms with Crippen LogP contribution in [0.1, 0.15) is 93.5 Å². The highest BCUT2D eigenvalue weighted by atomic mass is 19.4. The van der Waals surface area contributed by atoms with Gasteiger partial charge in [0.25, 0.3) is 0 Å². The molecule has 0 spiro atoms. The summed E-state index contributed by atoms with van der Waals surface area (Å²) in [6, 6.07) is 6.90. The number of aromatic nitrogens is 4. The molecule has 3 unspecified atom stereocenters. The predicted molar refractivity (Wildman–Crippen MR) is 136 cm³/mol. The van der Waals surface area contributed by atoms with Crippen molar-refractivity contribution >= 4 is 0 Å². The van der Waals surface area contributed by atoms with Crippen molar-refractivity contribution in [3.05, 3.63) is 71.4 Å². The van der Waals surface area contributed by atoms with Crippen molar-refractivity contribution in [2.75, 3.05) is 13.2 Å². The smallest absolute Gasteiger partial charge is 0.433 e. The number of hydrogen-bond donors (Lipinski definition) is 0. The first kappa shape index (κ1) is 28.3. The van der Waals surface area contributed by atoms with E-state index in [9.17, 15) is 13.2 Å². The van der Waals surface area contributed by atoms with E-state index in [0.29, 0.717) is 25.1 Å². The third kappa shape index (κ3) is 8.40. The molecule has 0 saturated carbocycles. The lowest BCUT2D eigenvalue weighted by Crippen LogP contribution is -2.09.